The molecule has 0 rings (SSSR count). The quantitative estimate of drug-likeness (QED) is 0.560. The molecule has 0 saturated heterocycles. The van der Waals surface area contributed by atoms with Crippen molar-refractivity contribution in [2.45, 2.75) is 25.8 Å². The van der Waals surface area contributed by atoms with E-state index in [9.17, 15) is 22.8 Å². The highest BCUT2D eigenvalue weighted by Gasteiger charge is 2.08. The Labute approximate surface area is 113 Å². The van der Waals surface area contributed by atoms with E-state index in [0.29, 0.717) is 0 Å². The number of carbonyl (C=O) groups is 2. The third kappa shape index (κ3) is 10.2. The minimum absolute atomic E-state index is 0.0644. The lowest BCUT2D eigenvalue weighted by atomic mass is 10.1. The van der Waals surface area contributed by atoms with Gasteiger partial charge in [-0.15, -0.1) is 0 Å². The van der Waals surface area contributed by atoms with Crippen molar-refractivity contribution in [1.29, 1.82) is 0 Å². The number of amides is 2. The SMILES string of the molecule is CSNC(=O)/C=C(\F)CCC(C)NC(=O)C=C(F)F. The van der Waals surface area contributed by atoms with Crippen LogP contribution in [0.2, 0.25) is 0 Å². The van der Waals surface area contributed by atoms with Gasteiger partial charge in [-0.05, 0) is 13.3 Å². The van der Waals surface area contributed by atoms with Crippen LogP contribution in [-0.4, -0.2) is 24.1 Å². The maximum absolute atomic E-state index is 13.2. The summed E-state index contributed by atoms with van der Waals surface area (Å²) in [7, 11) is 0. The molecule has 0 aliphatic heterocycles. The van der Waals surface area contributed by atoms with Gasteiger partial charge in [0.25, 0.3) is 12.0 Å². The molecule has 4 nitrogen and oxygen atoms in total. The Bertz CT molecular complexity index is 382. The monoisotopic (exact) mass is 296 g/mol. The van der Waals surface area contributed by atoms with Crippen LogP contribution in [0.25, 0.3) is 0 Å². The first-order valence-electron chi connectivity index (χ1n) is 5.37. The molecular formula is C11H15F3N2O2S. The van der Waals surface area contributed by atoms with Crippen LogP contribution in [0.1, 0.15) is 19.8 Å². The molecule has 0 aromatic carbocycles. The van der Waals surface area contributed by atoms with Crippen LogP contribution in [0, 0.1) is 0 Å². The van der Waals surface area contributed by atoms with Crippen molar-refractivity contribution in [2.75, 3.05) is 6.26 Å². The Morgan fingerprint density at radius 3 is 2.37 bits per heavy atom. The molecule has 0 fully saturated rings. The highest BCUT2D eigenvalue weighted by atomic mass is 32.2. The summed E-state index contributed by atoms with van der Waals surface area (Å²) in [5.74, 6) is -2.14. The number of carbonyl (C=O) groups excluding carboxylic acids is 2. The van der Waals surface area contributed by atoms with Crippen LogP contribution < -0.4 is 10.0 Å². The average Bonchev–Trinajstić information content (AvgIpc) is 2.25. The van der Waals surface area contributed by atoms with Crippen molar-refractivity contribution < 1.29 is 22.8 Å². The topological polar surface area (TPSA) is 58.2 Å². The zero-order chi connectivity index (χ0) is 14.8. The fourth-order valence-electron chi connectivity index (χ4n) is 1.15. The second kappa shape index (κ2) is 9.48. The molecule has 0 bridgehead atoms. The largest absolute Gasteiger partial charge is 0.350 e. The molecule has 108 valence electrons. The van der Waals surface area contributed by atoms with Crippen molar-refractivity contribution in [3.05, 3.63) is 24.1 Å². The van der Waals surface area contributed by atoms with Gasteiger partial charge in [-0.25, -0.2) is 4.39 Å². The van der Waals surface area contributed by atoms with Crippen molar-refractivity contribution in [3.63, 3.8) is 0 Å². The summed E-state index contributed by atoms with van der Waals surface area (Å²) in [4.78, 5) is 21.9. The molecule has 2 N–H and O–H groups in total. The molecule has 0 aromatic heterocycles. The molecule has 19 heavy (non-hydrogen) atoms. The average molecular weight is 296 g/mol. The summed E-state index contributed by atoms with van der Waals surface area (Å²) in [6, 6.07) is -0.481. The minimum Gasteiger partial charge on any atom is -0.350 e. The number of allylic oxidation sites excluding steroid dienone is 1. The smallest absolute Gasteiger partial charge is 0.275 e. The van der Waals surface area contributed by atoms with Gasteiger partial charge in [0, 0.05) is 24.8 Å². The van der Waals surface area contributed by atoms with Gasteiger partial charge in [0.15, 0.2) is 0 Å². The van der Waals surface area contributed by atoms with E-state index in [4.69, 9.17) is 0 Å². The van der Waals surface area contributed by atoms with Gasteiger partial charge in [0.05, 0.1) is 6.08 Å². The van der Waals surface area contributed by atoms with Crippen LogP contribution in [-0.2, 0) is 9.59 Å². The third-order valence-corrected chi connectivity index (χ3v) is 2.34. The lowest BCUT2D eigenvalue weighted by Crippen LogP contribution is -2.31. The first-order chi connectivity index (χ1) is 8.85. The Hall–Kier alpha value is -1.44. The maximum Gasteiger partial charge on any atom is 0.275 e. The Kier molecular flexibility index (Phi) is 8.77. The molecule has 1 atom stereocenters. The van der Waals surface area contributed by atoms with Gasteiger partial charge in [0.1, 0.15) is 5.83 Å². The molecule has 1 unspecified atom stereocenters. The van der Waals surface area contributed by atoms with Gasteiger partial charge in [-0.2, -0.15) is 8.78 Å². The number of halogens is 3. The summed E-state index contributed by atoms with van der Waals surface area (Å²) in [6.45, 7) is 1.55. The van der Waals surface area contributed by atoms with Gasteiger partial charge in [-0.3, -0.25) is 14.3 Å². The van der Waals surface area contributed by atoms with Crippen LogP contribution in [0.15, 0.2) is 24.1 Å². The molecule has 0 spiro atoms. The molecular weight excluding hydrogens is 281 g/mol. The van der Waals surface area contributed by atoms with E-state index in [2.05, 4.69) is 10.0 Å². The molecule has 0 saturated carbocycles. The summed E-state index contributed by atoms with van der Waals surface area (Å²) >= 11 is 1.04. The zero-order valence-electron chi connectivity index (χ0n) is 10.5. The maximum atomic E-state index is 13.2. The first-order valence-corrected chi connectivity index (χ1v) is 6.59. The predicted octanol–water partition coefficient (Wildman–Crippen LogP) is 2.30. The van der Waals surface area contributed by atoms with E-state index in [0.717, 1.165) is 18.0 Å². The molecule has 0 aliphatic carbocycles. The lowest BCUT2D eigenvalue weighted by molar-refractivity contribution is -0.117. The van der Waals surface area contributed by atoms with Crippen molar-refractivity contribution in [3.8, 4) is 0 Å². The van der Waals surface area contributed by atoms with E-state index >= 15 is 0 Å². The second-order valence-electron chi connectivity index (χ2n) is 3.64. The zero-order valence-corrected chi connectivity index (χ0v) is 11.3. The molecule has 0 aliphatic rings. The van der Waals surface area contributed by atoms with Gasteiger partial charge in [0.2, 0.25) is 5.91 Å². The van der Waals surface area contributed by atoms with E-state index < -0.39 is 29.8 Å². The molecule has 0 heterocycles. The van der Waals surface area contributed by atoms with Crippen molar-refractivity contribution in [1.82, 2.24) is 10.0 Å². The van der Waals surface area contributed by atoms with Gasteiger partial charge >= 0.3 is 0 Å². The van der Waals surface area contributed by atoms with Crippen LogP contribution in [0.5, 0.6) is 0 Å². The minimum atomic E-state index is -2.09. The molecule has 2 amide bonds. The molecule has 8 heteroatoms. The highest BCUT2D eigenvalue weighted by Crippen LogP contribution is 2.09. The van der Waals surface area contributed by atoms with Crippen LogP contribution in [0.3, 0.4) is 0 Å². The van der Waals surface area contributed by atoms with E-state index in [-0.39, 0.29) is 18.9 Å². The fourth-order valence-corrected chi connectivity index (χ4v) is 1.41. The normalized spacial score (nSPS) is 12.6. The molecule has 0 radical (unpaired) electrons. The van der Waals surface area contributed by atoms with E-state index in [1.807, 2.05) is 0 Å². The Balaban J connectivity index is 4.09. The summed E-state index contributed by atoms with van der Waals surface area (Å²) < 4.78 is 39.1. The Morgan fingerprint density at radius 1 is 1.21 bits per heavy atom. The van der Waals surface area contributed by atoms with Crippen LogP contribution >= 0.6 is 11.9 Å². The number of rotatable bonds is 7. The molecule has 0 aromatic rings. The summed E-state index contributed by atoms with van der Waals surface area (Å²) in [5, 5.41) is 2.25. The highest BCUT2D eigenvalue weighted by molar-refractivity contribution is 7.97. The standard InChI is InChI=1S/C11H15F3N2O2S/c1-7(15-10(17)6-9(13)14)3-4-8(12)5-11(18)16-19-2/h5-7H,3-4H2,1-2H3,(H,15,17)(H,16,18)/b8-5-. The van der Waals surface area contributed by atoms with Crippen LogP contribution in [0.4, 0.5) is 13.2 Å². The van der Waals surface area contributed by atoms with Crippen molar-refractivity contribution >= 4 is 23.8 Å². The number of hydrogen-bond acceptors (Lipinski definition) is 3. The first kappa shape index (κ1) is 17.6. The number of hydrogen-bond donors (Lipinski definition) is 2. The summed E-state index contributed by atoms with van der Waals surface area (Å²) in [6.07, 6.45) is 0.636. The van der Waals surface area contributed by atoms with E-state index in [1.165, 1.54) is 0 Å². The van der Waals surface area contributed by atoms with Crippen molar-refractivity contribution in [2.24, 2.45) is 0 Å². The Morgan fingerprint density at radius 2 is 1.84 bits per heavy atom. The van der Waals surface area contributed by atoms with Gasteiger partial charge < -0.3 is 5.32 Å². The summed E-state index contributed by atoms with van der Waals surface area (Å²) in [5.41, 5.74) is 0. The fraction of sp³-hybridized carbons (Fsp3) is 0.455. The van der Waals surface area contributed by atoms with E-state index in [1.54, 1.807) is 13.2 Å². The predicted molar refractivity (Wildman–Crippen MR) is 68.0 cm³/mol. The van der Waals surface area contributed by atoms with Gasteiger partial charge in [-0.1, -0.05) is 11.9 Å². The lowest BCUT2D eigenvalue weighted by Gasteiger charge is -2.11. The number of nitrogens with one attached hydrogen (secondary N) is 2. The third-order valence-electron chi connectivity index (χ3n) is 1.94. The second-order valence-corrected chi connectivity index (χ2v) is 4.26.